The Labute approximate surface area is 233 Å². The van der Waals surface area contributed by atoms with Crippen LogP contribution in [0.5, 0.6) is 5.06 Å². The van der Waals surface area contributed by atoms with Crippen molar-refractivity contribution in [3.05, 3.63) is 42.5 Å². The Morgan fingerprint density at radius 3 is 2.46 bits per heavy atom. The molecule has 5 rings (SSSR count). The number of likely N-dealkylation sites (tertiary alicyclic amines) is 2. The third-order valence-electron chi connectivity index (χ3n) is 8.07. The summed E-state index contributed by atoms with van der Waals surface area (Å²) in [7, 11) is 0. The second kappa shape index (κ2) is 11.9. The van der Waals surface area contributed by atoms with E-state index in [4.69, 9.17) is 4.74 Å². The number of hydrogen-bond acceptors (Lipinski definition) is 6. The van der Waals surface area contributed by atoms with Crippen molar-refractivity contribution < 1.29 is 23.9 Å². The van der Waals surface area contributed by atoms with E-state index >= 15 is 0 Å². The highest BCUT2D eigenvalue weighted by Crippen LogP contribution is 2.35. The number of ether oxygens (including phenoxy) is 1. The number of benzene rings is 1. The zero-order chi connectivity index (χ0) is 27.5. The lowest BCUT2D eigenvalue weighted by Gasteiger charge is -2.30. The van der Waals surface area contributed by atoms with Crippen LogP contribution in [0.3, 0.4) is 0 Å². The molecule has 1 aromatic carbocycles. The molecule has 9 heteroatoms. The van der Waals surface area contributed by atoms with E-state index < -0.39 is 18.2 Å². The van der Waals surface area contributed by atoms with Crippen LogP contribution in [0.2, 0.25) is 0 Å². The third-order valence-corrected chi connectivity index (χ3v) is 9.09. The molecule has 0 radical (unpaired) electrons. The quantitative estimate of drug-likeness (QED) is 0.529. The van der Waals surface area contributed by atoms with Gasteiger partial charge in [-0.25, -0.2) is 4.79 Å². The van der Waals surface area contributed by atoms with Gasteiger partial charge in [0, 0.05) is 17.3 Å². The number of carbonyl (C=O) groups excluding carboxylic acids is 4. The second-order valence-corrected chi connectivity index (χ2v) is 12.3. The summed E-state index contributed by atoms with van der Waals surface area (Å²) in [4.78, 5) is 57.2. The fourth-order valence-corrected chi connectivity index (χ4v) is 7.09. The molecule has 39 heavy (non-hydrogen) atoms. The van der Waals surface area contributed by atoms with Crippen LogP contribution in [-0.4, -0.2) is 64.7 Å². The third kappa shape index (κ3) is 6.03. The summed E-state index contributed by atoms with van der Waals surface area (Å²) in [6.45, 7) is 4.43. The zero-order valence-electron chi connectivity index (χ0n) is 22.6. The van der Waals surface area contributed by atoms with Crippen molar-refractivity contribution in [2.24, 2.45) is 11.8 Å². The number of rotatable bonds is 7. The Morgan fingerprint density at radius 1 is 1.00 bits per heavy atom. The van der Waals surface area contributed by atoms with Gasteiger partial charge < -0.3 is 19.9 Å². The van der Waals surface area contributed by atoms with Crippen molar-refractivity contribution in [1.82, 2.24) is 15.1 Å². The highest BCUT2D eigenvalue weighted by molar-refractivity contribution is 7.17. The van der Waals surface area contributed by atoms with Gasteiger partial charge in [-0.1, -0.05) is 74.8 Å². The summed E-state index contributed by atoms with van der Waals surface area (Å²) in [5.41, 5.74) is 1.03. The maximum Gasteiger partial charge on any atom is 0.414 e. The first-order valence-corrected chi connectivity index (χ1v) is 14.9. The minimum atomic E-state index is -0.819. The van der Waals surface area contributed by atoms with E-state index in [0.29, 0.717) is 24.4 Å². The van der Waals surface area contributed by atoms with Crippen LogP contribution in [0.1, 0.15) is 58.8 Å². The molecule has 3 heterocycles. The Morgan fingerprint density at radius 2 is 1.74 bits per heavy atom. The Hall–Kier alpha value is -3.20. The van der Waals surface area contributed by atoms with E-state index in [1.807, 2.05) is 50.2 Å². The van der Waals surface area contributed by atoms with Gasteiger partial charge in [-0.05, 0) is 49.3 Å². The van der Waals surface area contributed by atoms with Gasteiger partial charge in [0.1, 0.15) is 12.1 Å². The maximum absolute atomic E-state index is 13.7. The molecular weight excluding hydrogens is 514 g/mol. The fraction of sp³-hybridized carbons (Fsp3) is 0.533. The number of Topliss-reactive ketones (excluding diaryl/α,β-unsaturated/α-hetero) is 1. The summed E-state index contributed by atoms with van der Waals surface area (Å²) >= 11 is 1.36. The number of carbonyl (C=O) groups is 4. The summed E-state index contributed by atoms with van der Waals surface area (Å²) in [5.74, 6) is -0.193. The second-order valence-electron chi connectivity index (χ2n) is 11.3. The molecule has 2 aromatic rings. The van der Waals surface area contributed by atoms with Gasteiger partial charge in [0.15, 0.2) is 10.8 Å². The number of hydrogen-bond donors (Lipinski definition) is 1. The molecule has 0 bridgehead atoms. The topological polar surface area (TPSA) is 96.0 Å². The number of nitrogens with one attached hydrogen (secondary N) is 1. The van der Waals surface area contributed by atoms with Crippen LogP contribution in [0.4, 0.5) is 4.79 Å². The number of fused-ring (bicyclic) bond motifs is 1. The first-order chi connectivity index (χ1) is 18.8. The minimum absolute atomic E-state index is 0.0140. The zero-order valence-corrected chi connectivity index (χ0v) is 23.5. The van der Waals surface area contributed by atoms with Gasteiger partial charge in [0.25, 0.3) is 0 Å². The van der Waals surface area contributed by atoms with Crippen LogP contribution < -0.4 is 10.1 Å². The van der Waals surface area contributed by atoms with E-state index in [2.05, 4.69) is 5.32 Å². The van der Waals surface area contributed by atoms with Gasteiger partial charge in [0.2, 0.25) is 11.8 Å². The Bertz CT molecular complexity index is 1210. The SMILES string of the molecule is CC(C)CC(NC(=O)Oc1ccc(-c2ccccc2)s1)C(=O)N1CCC2C1C(=O)CN2C(=O)C1CCCCC1. The fourth-order valence-electron chi connectivity index (χ4n) is 6.23. The Balaban J connectivity index is 1.24. The molecule has 8 nitrogen and oxygen atoms in total. The van der Waals surface area contributed by atoms with E-state index in [1.54, 1.807) is 15.9 Å². The average molecular weight is 552 g/mol. The molecule has 2 aliphatic heterocycles. The molecule has 3 atom stereocenters. The Kier molecular flexibility index (Phi) is 8.35. The first kappa shape index (κ1) is 27.4. The van der Waals surface area contributed by atoms with Crippen LogP contribution in [-0.2, 0) is 14.4 Å². The highest BCUT2D eigenvalue weighted by Gasteiger charge is 2.52. The molecule has 1 aromatic heterocycles. The van der Waals surface area contributed by atoms with Crippen LogP contribution in [0.15, 0.2) is 42.5 Å². The largest absolute Gasteiger partial charge is 0.414 e. The van der Waals surface area contributed by atoms with Crippen LogP contribution in [0, 0.1) is 11.8 Å². The normalized spacial score (nSPS) is 22.2. The average Bonchev–Trinajstić information content (AvgIpc) is 3.66. The predicted molar refractivity (Wildman–Crippen MR) is 149 cm³/mol. The lowest BCUT2D eigenvalue weighted by Crippen LogP contribution is -2.53. The van der Waals surface area contributed by atoms with Crippen molar-refractivity contribution in [2.75, 3.05) is 13.1 Å². The molecule has 3 unspecified atom stereocenters. The molecule has 3 amide bonds. The molecular formula is C30H37N3O5S. The van der Waals surface area contributed by atoms with Crippen LogP contribution in [0.25, 0.3) is 10.4 Å². The number of ketones is 1. The van der Waals surface area contributed by atoms with Gasteiger partial charge >= 0.3 is 6.09 Å². The monoisotopic (exact) mass is 551 g/mol. The van der Waals surface area contributed by atoms with E-state index in [9.17, 15) is 19.2 Å². The molecule has 0 spiro atoms. The van der Waals surface area contributed by atoms with Gasteiger partial charge in [0.05, 0.1) is 12.6 Å². The van der Waals surface area contributed by atoms with E-state index in [0.717, 1.165) is 42.5 Å². The molecule has 3 fully saturated rings. The lowest BCUT2D eigenvalue weighted by atomic mass is 9.88. The smallest absolute Gasteiger partial charge is 0.399 e. The summed E-state index contributed by atoms with van der Waals surface area (Å²) in [6.07, 6.45) is 5.31. The number of thiophene rings is 1. The summed E-state index contributed by atoms with van der Waals surface area (Å²) in [5, 5.41) is 3.20. The number of amides is 3. The molecule has 1 N–H and O–H groups in total. The van der Waals surface area contributed by atoms with Gasteiger partial charge in [-0.2, -0.15) is 0 Å². The molecule has 3 aliphatic rings. The molecule has 208 valence electrons. The lowest BCUT2D eigenvalue weighted by molar-refractivity contribution is -0.138. The van der Waals surface area contributed by atoms with Gasteiger partial charge in [-0.3, -0.25) is 14.4 Å². The standard InChI is InChI=1S/C30H37N3O5S/c1-19(2)17-22(31-30(37)38-26-14-13-25(39-26)20-9-5-3-6-10-20)29(36)32-16-15-23-27(32)24(34)18-33(23)28(35)21-11-7-4-8-12-21/h3,5-6,9-10,13-14,19,21-23,27H,4,7-8,11-12,15-18H2,1-2H3,(H,31,37). The molecule has 1 aliphatic carbocycles. The van der Waals surface area contributed by atoms with Crippen molar-refractivity contribution in [1.29, 1.82) is 0 Å². The summed E-state index contributed by atoms with van der Waals surface area (Å²) < 4.78 is 5.54. The summed E-state index contributed by atoms with van der Waals surface area (Å²) in [6, 6.07) is 11.7. The van der Waals surface area contributed by atoms with Crippen molar-refractivity contribution in [2.45, 2.75) is 76.9 Å². The van der Waals surface area contributed by atoms with Crippen molar-refractivity contribution in [3.63, 3.8) is 0 Å². The van der Waals surface area contributed by atoms with E-state index in [1.165, 1.54) is 11.3 Å². The molecule has 2 saturated heterocycles. The van der Waals surface area contributed by atoms with Crippen LogP contribution >= 0.6 is 11.3 Å². The molecule has 1 saturated carbocycles. The van der Waals surface area contributed by atoms with E-state index in [-0.39, 0.29) is 42.0 Å². The predicted octanol–water partition coefficient (Wildman–Crippen LogP) is 4.88. The van der Waals surface area contributed by atoms with Crippen molar-refractivity contribution in [3.8, 4) is 15.5 Å². The first-order valence-electron chi connectivity index (χ1n) is 14.1. The number of nitrogens with zero attached hydrogens (tertiary/aromatic N) is 2. The maximum atomic E-state index is 13.7. The van der Waals surface area contributed by atoms with Gasteiger partial charge in [-0.15, -0.1) is 0 Å². The minimum Gasteiger partial charge on any atom is -0.399 e. The van der Waals surface area contributed by atoms with Crippen molar-refractivity contribution >= 4 is 35.0 Å². The highest BCUT2D eigenvalue weighted by atomic mass is 32.1.